The molecule has 104 valence electrons. The van der Waals surface area contributed by atoms with Gasteiger partial charge >= 0.3 is 5.97 Å². The Kier molecular flexibility index (Phi) is 5.36. The monoisotopic (exact) mass is 262 g/mol. The summed E-state index contributed by atoms with van der Waals surface area (Å²) in [6, 6.07) is 10.9. The summed E-state index contributed by atoms with van der Waals surface area (Å²) in [6.45, 7) is 3.19. The zero-order valence-corrected chi connectivity index (χ0v) is 11.5. The van der Waals surface area contributed by atoms with Gasteiger partial charge in [-0.1, -0.05) is 30.3 Å². The molecule has 0 amide bonds. The Bertz CT molecular complexity index is 394. The summed E-state index contributed by atoms with van der Waals surface area (Å²) in [5.41, 5.74) is 1.30. The van der Waals surface area contributed by atoms with E-state index in [4.69, 9.17) is 4.74 Å². The Balaban J connectivity index is 1.76. The Morgan fingerprint density at radius 1 is 1.42 bits per heavy atom. The smallest absolute Gasteiger partial charge is 0.319 e. The van der Waals surface area contributed by atoms with Crippen LogP contribution in [0.3, 0.4) is 0 Å². The van der Waals surface area contributed by atoms with E-state index in [2.05, 4.69) is 34.5 Å². The highest BCUT2D eigenvalue weighted by atomic mass is 16.5. The van der Waals surface area contributed by atoms with Crippen LogP contribution in [0.5, 0.6) is 0 Å². The first-order chi connectivity index (χ1) is 9.28. The Labute approximate surface area is 114 Å². The average molecular weight is 262 g/mol. The van der Waals surface area contributed by atoms with Crippen molar-refractivity contribution in [2.75, 3.05) is 26.7 Å². The van der Waals surface area contributed by atoms with Crippen molar-refractivity contribution in [1.82, 2.24) is 10.2 Å². The molecule has 1 N–H and O–H groups in total. The quantitative estimate of drug-likeness (QED) is 0.815. The number of benzene rings is 1. The molecular weight excluding hydrogens is 240 g/mol. The number of esters is 1. The van der Waals surface area contributed by atoms with Gasteiger partial charge in [-0.05, 0) is 24.9 Å². The Hall–Kier alpha value is -1.39. The number of rotatable bonds is 5. The van der Waals surface area contributed by atoms with Gasteiger partial charge in [0.05, 0.1) is 13.7 Å². The maximum Gasteiger partial charge on any atom is 0.319 e. The van der Waals surface area contributed by atoms with Gasteiger partial charge in [0.2, 0.25) is 0 Å². The lowest BCUT2D eigenvalue weighted by Crippen LogP contribution is -2.47. The number of carbonyl (C=O) groups excluding carboxylic acids is 1. The first kappa shape index (κ1) is 14.0. The molecular formula is C15H22N2O2. The van der Waals surface area contributed by atoms with E-state index in [9.17, 15) is 4.79 Å². The topological polar surface area (TPSA) is 41.6 Å². The van der Waals surface area contributed by atoms with Gasteiger partial charge in [0.1, 0.15) is 0 Å². The summed E-state index contributed by atoms with van der Waals surface area (Å²) in [7, 11) is 1.44. The highest BCUT2D eigenvalue weighted by molar-refractivity contribution is 5.71. The predicted molar refractivity (Wildman–Crippen MR) is 74.8 cm³/mol. The molecule has 0 saturated carbocycles. The minimum Gasteiger partial charge on any atom is -0.468 e. The highest BCUT2D eigenvalue weighted by Crippen LogP contribution is 2.11. The van der Waals surface area contributed by atoms with Crippen molar-refractivity contribution in [3.05, 3.63) is 35.9 Å². The van der Waals surface area contributed by atoms with Gasteiger partial charge in [-0.25, -0.2) is 0 Å². The fraction of sp³-hybridized carbons (Fsp3) is 0.533. The van der Waals surface area contributed by atoms with Crippen LogP contribution >= 0.6 is 0 Å². The van der Waals surface area contributed by atoms with Crippen LogP contribution in [0.1, 0.15) is 18.4 Å². The first-order valence-electron chi connectivity index (χ1n) is 6.84. The van der Waals surface area contributed by atoms with Crippen LogP contribution in [0.25, 0.3) is 0 Å². The molecule has 1 heterocycles. The van der Waals surface area contributed by atoms with Crippen molar-refractivity contribution in [2.45, 2.75) is 25.4 Å². The molecule has 2 rings (SSSR count). The van der Waals surface area contributed by atoms with Crippen LogP contribution < -0.4 is 5.32 Å². The number of hydrogen-bond donors (Lipinski definition) is 1. The minimum atomic E-state index is -0.149. The summed E-state index contributed by atoms with van der Waals surface area (Å²) < 4.78 is 4.72. The molecule has 4 heteroatoms. The number of hydrogen-bond acceptors (Lipinski definition) is 4. The molecule has 1 aromatic carbocycles. The Morgan fingerprint density at radius 2 is 2.21 bits per heavy atom. The van der Waals surface area contributed by atoms with Gasteiger partial charge in [-0.15, -0.1) is 0 Å². The second kappa shape index (κ2) is 7.26. The van der Waals surface area contributed by atoms with Gasteiger partial charge in [-0.3, -0.25) is 9.69 Å². The van der Waals surface area contributed by atoms with Crippen LogP contribution in [-0.4, -0.2) is 43.7 Å². The fourth-order valence-electron chi connectivity index (χ4n) is 2.47. The second-order valence-electron chi connectivity index (χ2n) is 5.02. The van der Waals surface area contributed by atoms with Crippen LogP contribution in [-0.2, 0) is 16.1 Å². The molecule has 1 saturated heterocycles. The third-order valence-corrected chi connectivity index (χ3v) is 3.52. The molecule has 1 fully saturated rings. The van der Waals surface area contributed by atoms with E-state index in [1.165, 1.54) is 19.1 Å². The average Bonchev–Trinajstić information content (AvgIpc) is 2.46. The van der Waals surface area contributed by atoms with Gasteiger partial charge < -0.3 is 10.1 Å². The SMILES string of the molecule is COC(=O)CN1CCCC(NCc2ccccc2)C1. The van der Waals surface area contributed by atoms with Crippen molar-refractivity contribution in [1.29, 1.82) is 0 Å². The van der Waals surface area contributed by atoms with E-state index < -0.39 is 0 Å². The lowest BCUT2D eigenvalue weighted by Gasteiger charge is -2.32. The van der Waals surface area contributed by atoms with Crippen LogP contribution in [0, 0.1) is 0 Å². The summed E-state index contributed by atoms with van der Waals surface area (Å²) >= 11 is 0. The number of carbonyl (C=O) groups is 1. The molecule has 0 aromatic heterocycles. The maximum atomic E-state index is 11.3. The molecule has 1 aliphatic rings. The van der Waals surface area contributed by atoms with Crippen LogP contribution in [0.4, 0.5) is 0 Å². The number of likely N-dealkylation sites (tertiary alicyclic amines) is 1. The fourth-order valence-corrected chi connectivity index (χ4v) is 2.47. The number of ether oxygens (including phenoxy) is 1. The van der Waals surface area contributed by atoms with Crippen molar-refractivity contribution < 1.29 is 9.53 Å². The molecule has 1 aromatic rings. The number of piperidine rings is 1. The molecule has 4 nitrogen and oxygen atoms in total. The summed E-state index contributed by atoms with van der Waals surface area (Å²) in [4.78, 5) is 13.4. The van der Waals surface area contributed by atoms with Crippen molar-refractivity contribution in [2.24, 2.45) is 0 Å². The zero-order chi connectivity index (χ0) is 13.5. The van der Waals surface area contributed by atoms with E-state index in [0.717, 1.165) is 26.1 Å². The van der Waals surface area contributed by atoms with E-state index >= 15 is 0 Å². The zero-order valence-electron chi connectivity index (χ0n) is 11.5. The van der Waals surface area contributed by atoms with Crippen molar-refractivity contribution in [3.63, 3.8) is 0 Å². The van der Waals surface area contributed by atoms with Crippen LogP contribution in [0.2, 0.25) is 0 Å². The molecule has 1 aliphatic heterocycles. The van der Waals surface area contributed by atoms with E-state index in [1.54, 1.807) is 0 Å². The third-order valence-electron chi connectivity index (χ3n) is 3.52. The maximum absolute atomic E-state index is 11.3. The third kappa shape index (κ3) is 4.65. The lowest BCUT2D eigenvalue weighted by molar-refractivity contribution is -0.142. The first-order valence-corrected chi connectivity index (χ1v) is 6.84. The highest BCUT2D eigenvalue weighted by Gasteiger charge is 2.21. The molecule has 1 atom stereocenters. The number of nitrogens with one attached hydrogen (secondary N) is 1. The minimum absolute atomic E-state index is 0.149. The molecule has 0 bridgehead atoms. The predicted octanol–water partition coefficient (Wildman–Crippen LogP) is 1.41. The molecule has 1 unspecified atom stereocenters. The van der Waals surface area contributed by atoms with E-state index in [1.807, 2.05) is 6.07 Å². The molecule has 0 aliphatic carbocycles. The standard InChI is InChI=1S/C15H22N2O2/c1-19-15(18)12-17-9-5-8-14(11-17)16-10-13-6-3-2-4-7-13/h2-4,6-7,14,16H,5,8-12H2,1H3. The van der Waals surface area contributed by atoms with Gasteiger partial charge in [0, 0.05) is 19.1 Å². The number of nitrogens with zero attached hydrogens (tertiary/aromatic N) is 1. The molecule has 0 spiro atoms. The van der Waals surface area contributed by atoms with Gasteiger partial charge in [-0.2, -0.15) is 0 Å². The van der Waals surface area contributed by atoms with Crippen LogP contribution in [0.15, 0.2) is 30.3 Å². The molecule has 0 radical (unpaired) electrons. The summed E-state index contributed by atoms with van der Waals surface area (Å²) in [5.74, 6) is -0.149. The van der Waals surface area contributed by atoms with Crippen molar-refractivity contribution >= 4 is 5.97 Å². The van der Waals surface area contributed by atoms with E-state index in [0.29, 0.717) is 12.6 Å². The Morgan fingerprint density at radius 3 is 2.95 bits per heavy atom. The molecule has 19 heavy (non-hydrogen) atoms. The lowest BCUT2D eigenvalue weighted by atomic mass is 10.1. The van der Waals surface area contributed by atoms with E-state index in [-0.39, 0.29) is 5.97 Å². The van der Waals surface area contributed by atoms with Gasteiger partial charge in [0.25, 0.3) is 0 Å². The summed E-state index contributed by atoms with van der Waals surface area (Å²) in [6.07, 6.45) is 2.30. The second-order valence-corrected chi connectivity index (χ2v) is 5.02. The largest absolute Gasteiger partial charge is 0.468 e. The summed E-state index contributed by atoms with van der Waals surface area (Å²) in [5, 5.41) is 3.57. The van der Waals surface area contributed by atoms with Crippen molar-refractivity contribution in [3.8, 4) is 0 Å². The van der Waals surface area contributed by atoms with Gasteiger partial charge in [0.15, 0.2) is 0 Å². The number of methoxy groups -OCH3 is 1. The normalized spacial score (nSPS) is 20.2.